The summed E-state index contributed by atoms with van der Waals surface area (Å²) in [6.07, 6.45) is 4.07. The standard InChI is InChI=1S/C14H18ClNO2S/c15-13-5-2-12(3-6-13)4-7-14(18)16-8-11-19-10-1-9-17/h2-7,17H,1,8-11H2,(H,16,18)/b7-4+. The molecule has 0 heterocycles. The van der Waals surface area contributed by atoms with Gasteiger partial charge in [0.25, 0.3) is 0 Å². The van der Waals surface area contributed by atoms with E-state index >= 15 is 0 Å². The molecule has 0 aliphatic rings. The first-order valence-corrected chi connectivity index (χ1v) is 7.65. The monoisotopic (exact) mass is 299 g/mol. The van der Waals surface area contributed by atoms with Crippen molar-refractivity contribution < 1.29 is 9.90 Å². The van der Waals surface area contributed by atoms with E-state index in [0.29, 0.717) is 11.6 Å². The van der Waals surface area contributed by atoms with Crippen LogP contribution in [0.1, 0.15) is 12.0 Å². The minimum atomic E-state index is -0.0993. The van der Waals surface area contributed by atoms with E-state index in [9.17, 15) is 4.79 Å². The second-order valence-electron chi connectivity index (χ2n) is 3.87. The highest BCUT2D eigenvalue weighted by molar-refractivity contribution is 7.99. The van der Waals surface area contributed by atoms with Crippen LogP contribution in [0.5, 0.6) is 0 Å². The molecule has 104 valence electrons. The maximum Gasteiger partial charge on any atom is 0.244 e. The molecule has 0 saturated carbocycles. The average Bonchev–Trinajstić information content (AvgIpc) is 2.42. The zero-order valence-corrected chi connectivity index (χ0v) is 12.2. The Balaban J connectivity index is 2.18. The second kappa shape index (κ2) is 9.89. The molecule has 1 aromatic carbocycles. The lowest BCUT2D eigenvalue weighted by Gasteiger charge is -2.01. The number of aliphatic hydroxyl groups is 1. The zero-order valence-electron chi connectivity index (χ0n) is 10.6. The molecule has 0 unspecified atom stereocenters. The molecule has 0 spiro atoms. The fraction of sp³-hybridized carbons (Fsp3) is 0.357. The molecule has 0 bridgehead atoms. The second-order valence-corrected chi connectivity index (χ2v) is 5.53. The third-order valence-corrected chi connectivity index (χ3v) is 3.61. The maximum atomic E-state index is 11.5. The van der Waals surface area contributed by atoms with Crippen molar-refractivity contribution in [1.82, 2.24) is 5.32 Å². The van der Waals surface area contributed by atoms with E-state index in [1.807, 2.05) is 12.1 Å². The Morgan fingerprint density at radius 2 is 2.05 bits per heavy atom. The molecule has 19 heavy (non-hydrogen) atoms. The number of hydrogen-bond donors (Lipinski definition) is 2. The highest BCUT2D eigenvalue weighted by Gasteiger charge is 1.95. The summed E-state index contributed by atoms with van der Waals surface area (Å²) < 4.78 is 0. The summed E-state index contributed by atoms with van der Waals surface area (Å²) in [4.78, 5) is 11.5. The van der Waals surface area contributed by atoms with Crippen LogP contribution < -0.4 is 5.32 Å². The van der Waals surface area contributed by atoms with Crippen molar-refractivity contribution >= 4 is 35.3 Å². The highest BCUT2D eigenvalue weighted by atomic mass is 35.5. The van der Waals surface area contributed by atoms with E-state index in [2.05, 4.69) is 5.32 Å². The lowest BCUT2D eigenvalue weighted by Crippen LogP contribution is -2.23. The lowest BCUT2D eigenvalue weighted by atomic mass is 10.2. The Bertz CT molecular complexity index is 406. The molecule has 3 nitrogen and oxygen atoms in total. The van der Waals surface area contributed by atoms with Crippen LogP contribution in [0.3, 0.4) is 0 Å². The van der Waals surface area contributed by atoms with Crippen LogP contribution in [0, 0.1) is 0 Å². The zero-order chi connectivity index (χ0) is 13.9. The van der Waals surface area contributed by atoms with Gasteiger partial charge in [-0.05, 0) is 35.9 Å². The quantitative estimate of drug-likeness (QED) is 0.573. The fourth-order valence-electron chi connectivity index (χ4n) is 1.32. The van der Waals surface area contributed by atoms with E-state index in [0.717, 1.165) is 23.5 Å². The number of rotatable bonds is 8. The Labute approximate surface area is 123 Å². The Kier molecular flexibility index (Phi) is 8.38. The largest absolute Gasteiger partial charge is 0.396 e. The van der Waals surface area contributed by atoms with Gasteiger partial charge in [-0.2, -0.15) is 11.8 Å². The summed E-state index contributed by atoms with van der Waals surface area (Å²) in [6, 6.07) is 7.29. The summed E-state index contributed by atoms with van der Waals surface area (Å²) in [7, 11) is 0. The first-order chi connectivity index (χ1) is 9.22. The Morgan fingerprint density at radius 3 is 2.74 bits per heavy atom. The molecule has 0 atom stereocenters. The van der Waals surface area contributed by atoms with E-state index in [1.165, 1.54) is 6.08 Å². The van der Waals surface area contributed by atoms with Crippen LogP contribution in [0.25, 0.3) is 6.08 Å². The first-order valence-electron chi connectivity index (χ1n) is 6.12. The van der Waals surface area contributed by atoms with Gasteiger partial charge in [0.15, 0.2) is 0 Å². The van der Waals surface area contributed by atoms with Crippen molar-refractivity contribution in [3.8, 4) is 0 Å². The van der Waals surface area contributed by atoms with Crippen LogP contribution in [0.2, 0.25) is 5.02 Å². The third kappa shape index (κ3) is 7.93. The molecule has 0 fully saturated rings. The Hall–Kier alpha value is -0.970. The molecule has 5 heteroatoms. The topological polar surface area (TPSA) is 49.3 Å². The predicted molar refractivity (Wildman–Crippen MR) is 82.5 cm³/mol. The molecule has 0 aliphatic carbocycles. The fourth-order valence-corrected chi connectivity index (χ4v) is 2.23. The van der Waals surface area contributed by atoms with Gasteiger partial charge >= 0.3 is 0 Å². The first kappa shape index (κ1) is 16.1. The van der Waals surface area contributed by atoms with E-state index < -0.39 is 0 Å². The van der Waals surface area contributed by atoms with Gasteiger partial charge in [-0.3, -0.25) is 4.79 Å². The van der Waals surface area contributed by atoms with Gasteiger partial charge in [-0.15, -0.1) is 0 Å². The third-order valence-electron chi connectivity index (χ3n) is 2.29. The highest BCUT2D eigenvalue weighted by Crippen LogP contribution is 2.10. The van der Waals surface area contributed by atoms with Crippen molar-refractivity contribution in [2.24, 2.45) is 0 Å². The number of carbonyl (C=O) groups excluding carboxylic acids is 1. The van der Waals surface area contributed by atoms with Crippen molar-refractivity contribution in [2.75, 3.05) is 24.7 Å². The van der Waals surface area contributed by atoms with Crippen molar-refractivity contribution in [3.63, 3.8) is 0 Å². The van der Waals surface area contributed by atoms with Gasteiger partial charge in [0.2, 0.25) is 5.91 Å². The number of carbonyl (C=O) groups is 1. The van der Waals surface area contributed by atoms with Crippen LogP contribution in [0.15, 0.2) is 30.3 Å². The van der Waals surface area contributed by atoms with Crippen molar-refractivity contribution in [2.45, 2.75) is 6.42 Å². The minimum absolute atomic E-state index is 0.0993. The number of halogens is 1. The number of benzene rings is 1. The number of nitrogens with one attached hydrogen (secondary N) is 1. The molecule has 1 aromatic rings. The van der Waals surface area contributed by atoms with Gasteiger partial charge in [0.1, 0.15) is 0 Å². The predicted octanol–water partition coefficient (Wildman–Crippen LogP) is 2.59. The van der Waals surface area contributed by atoms with Gasteiger partial charge in [-0.25, -0.2) is 0 Å². The normalized spacial score (nSPS) is 10.8. The summed E-state index contributed by atoms with van der Waals surface area (Å²) in [5.41, 5.74) is 0.942. The molecule has 2 N–H and O–H groups in total. The maximum absolute atomic E-state index is 11.5. The van der Waals surface area contributed by atoms with Crippen molar-refractivity contribution in [3.05, 3.63) is 40.9 Å². The lowest BCUT2D eigenvalue weighted by molar-refractivity contribution is -0.116. The number of thioether (sulfide) groups is 1. The van der Waals surface area contributed by atoms with Crippen LogP contribution >= 0.6 is 23.4 Å². The number of hydrogen-bond acceptors (Lipinski definition) is 3. The average molecular weight is 300 g/mol. The molecule has 1 rings (SSSR count). The van der Waals surface area contributed by atoms with Gasteiger partial charge < -0.3 is 10.4 Å². The number of aliphatic hydroxyl groups excluding tert-OH is 1. The molecule has 0 radical (unpaired) electrons. The van der Waals surface area contributed by atoms with Crippen LogP contribution in [0.4, 0.5) is 0 Å². The van der Waals surface area contributed by atoms with Gasteiger partial charge in [-0.1, -0.05) is 23.7 Å². The smallest absolute Gasteiger partial charge is 0.244 e. The van der Waals surface area contributed by atoms with Crippen LogP contribution in [-0.2, 0) is 4.79 Å². The number of amides is 1. The van der Waals surface area contributed by atoms with Gasteiger partial charge in [0, 0.05) is 30.0 Å². The SMILES string of the molecule is O=C(/C=C/c1ccc(Cl)cc1)NCCSCCCO. The minimum Gasteiger partial charge on any atom is -0.396 e. The Morgan fingerprint density at radius 1 is 1.32 bits per heavy atom. The molecular formula is C14H18ClNO2S. The van der Waals surface area contributed by atoms with Crippen LogP contribution in [-0.4, -0.2) is 35.7 Å². The van der Waals surface area contributed by atoms with E-state index in [-0.39, 0.29) is 12.5 Å². The summed E-state index contributed by atoms with van der Waals surface area (Å²) in [5, 5.41) is 12.1. The summed E-state index contributed by atoms with van der Waals surface area (Å²) in [5.74, 6) is 1.69. The molecule has 1 amide bonds. The molecule has 0 aromatic heterocycles. The summed E-state index contributed by atoms with van der Waals surface area (Å²) in [6.45, 7) is 0.864. The summed E-state index contributed by atoms with van der Waals surface area (Å²) >= 11 is 7.50. The molecule has 0 aliphatic heterocycles. The van der Waals surface area contributed by atoms with E-state index in [4.69, 9.17) is 16.7 Å². The van der Waals surface area contributed by atoms with E-state index in [1.54, 1.807) is 30.0 Å². The van der Waals surface area contributed by atoms with Crippen molar-refractivity contribution in [1.29, 1.82) is 0 Å². The molecular weight excluding hydrogens is 282 g/mol. The van der Waals surface area contributed by atoms with Gasteiger partial charge in [0.05, 0.1) is 0 Å². The molecule has 0 saturated heterocycles.